The first-order valence-corrected chi connectivity index (χ1v) is 5.64. The number of esters is 1. The number of nitro benzene ring substituents is 1. The first-order valence-electron chi connectivity index (χ1n) is 5.64. The van der Waals surface area contributed by atoms with Crippen molar-refractivity contribution in [3.8, 4) is 11.8 Å². The maximum atomic E-state index is 11.1. The molecule has 6 heteroatoms. The van der Waals surface area contributed by atoms with Crippen molar-refractivity contribution in [1.29, 1.82) is 0 Å². The van der Waals surface area contributed by atoms with Crippen LogP contribution in [0.3, 0.4) is 0 Å². The third-order valence-electron chi connectivity index (χ3n) is 2.33. The summed E-state index contributed by atoms with van der Waals surface area (Å²) in [5.74, 6) is 4.88. The predicted molar refractivity (Wildman–Crippen MR) is 70.4 cm³/mol. The van der Waals surface area contributed by atoms with Crippen LogP contribution in [0, 0.1) is 28.9 Å². The third-order valence-corrected chi connectivity index (χ3v) is 2.33. The van der Waals surface area contributed by atoms with Crippen LogP contribution in [0.25, 0.3) is 0 Å². The Morgan fingerprint density at radius 2 is 2.21 bits per heavy atom. The second kappa shape index (κ2) is 6.40. The molecule has 0 aliphatic carbocycles. The number of benzene rings is 1. The van der Waals surface area contributed by atoms with Crippen LogP contribution in [0.2, 0.25) is 0 Å². The number of nitrogens with two attached hydrogens (primary N) is 1. The van der Waals surface area contributed by atoms with E-state index in [2.05, 4.69) is 11.8 Å². The van der Waals surface area contributed by atoms with Crippen LogP contribution in [0.15, 0.2) is 12.1 Å². The number of carbonyl (C=O) groups is 1. The molecule has 0 aromatic heterocycles. The summed E-state index contributed by atoms with van der Waals surface area (Å²) in [4.78, 5) is 21.3. The van der Waals surface area contributed by atoms with Crippen LogP contribution < -0.4 is 5.73 Å². The average molecular weight is 262 g/mol. The van der Waals surface area contributed by atoms with Gasteiger partial charge in [0.25, 0.3) is 5.69 Å². The lowest BCUT2D eigenvalue weighted by Gasteiger charge is -2.02. The fourth-order valence-corrected chi connectivity index (χ4v) is 1.43. The zero-order valence-electron chi connectivity index (χ0n) is 10.7. The van der Waals surface area contributed by atoms with Crippen molar-refractivity contribution >= 4 is 17.3 Å². The van der Waals surface area contributed by atoms with Crippen LogP contribution in [-0.4, -0.2) is 17.5 Å². The zero-order chi connectivity index (χ0) is 14.4. The minimum atomic E-state index is -0.557. The van der Waals surface area contributed by atoms with Gasteiger partial charge >= 0.3 is 5.97 Å². The minimum Gasteiger partial charge on any atom is -0.465 e. The summed E-state index contributed by atoms with van der Waals surface area (Å²) in [6.45, 7) is 3.67. The van der Waals surface area contributed by atoms with Gasteiger partial charge in [-0.05, 0) is 25.5 Å². The van der Waals surface area contributed by atoms with Crippen LogP contribution in [0.1, 0.15) is 24.5 Å². The van der Waals surface area contributed by atoms with Gasteiger partial charge in [-0.1, -0.05) is 11.8 Å². The lowest BCUT2D eigenvalue weighted by Crippen LogP contribution is -2.01. The summed E-state index contributed by atoms with van der Waals surface area (Å²) in [5, 5.41) is 10.8. The van der Waals surface area contributed by atoms with E-state index in [1.165, 1.54) is 6.07 Å². The number of ether oxygens (including phenoxy) is 1. The van der Waals surface area contributed by atoms with Gasteiger partial charge in [-0.2, -0.15) is 0 Å². The number of aryl methyl sites for hydroxylation is 1. The summed E-state index contributed by atoms with van der Waals surface area (Å²) in [7, 11) is 0. The largest absolute Gasteiger partial charge is 0.465 e. The molecule has 6 nitrogen and oxygen atoms in total. The van der Waals surface area contributed by atoms with E-state index in [4.69, 9.17) is 10.5 Å². The number of nitrogen functional groups attached to an aromatic ring is 1. The molecule has 0 aliphatic heterocycles. The second-order valence-corrected chi connectivity index (χ2v) is 3.77. The molecule has 0 amide bonds. The highest BCUT2D eigenvalue weighted by molar-refractivity contribution is 5.73. The molecular formula is C13H14N2O4. The standard InChI is InChI=1S/C13H14N2O4/c1-3-19-12(16)6-4-5-10-7-9(2)13(14)11(8-10)15(17)18/h7-8H,3,6,14H2,1-2H3. The van der Waals surface area contributed by atoms with E-state index in [-0.39, 0.29) is 17.8 Å². The van der Waals surface area contributed by atoms with Gasteiger partial charge in [0.1, 0.15) is 12.1 Å². The Kier molecular flexibility index (Phi) is 4.89. The first-order chi connectivity index (χ1) is 8.95. The maximum Gasteiger partial charge on any atom is 0.317 e. The van der Waals surface area contributed by atoms with Gasteiger partial charge in [0.2, 0.25) is 0 Å². The van der Waals surface area contributed by atoms with E-state index in [1.54, 1.807) is 19.9 Å². The molecule has 1 aromatic carbocycles. The molecule has 0 aliphatic rings. The minimum absolute atomic E-state index is 0.0505. The SMILES string of the molecule is CCOC(=O)CC#Cc1cc(C)c(N)c([N+](=O)[O-])c1. The molecule has 2 N–H and O–H groups in total. The molecule has 1 rings (SSSR count). The number of carbonyl (C=O) groups excluding carboxylic acids is 1. The first kappa shape index (κ1) is 14.5. The van der Waals surface area contributed by atoms with E-state index in [0.29, 0.717) is 17.7 Å². The Morgan fingerprint density at radius 1 is 1.53 bits per heavy atom. The molecule has 1 aromatic rings. The molecule has 100 valence electrons. The van der Waals surface area contributed by atoms with Gasteiger partial charge in [0.15, 0.2) is 0 Å². The summed E-state index contributed by atoms with van der Waals surface area (Å²) >= 11 is 0. The van der Waals surface area contributed by atoms with Crippen LogP contribution >= 0.6 is 0 Å². The third kappa shape index (κ3) is 4.00. The Balaban J connectivity index is 2.94. The van der Waals surface area contributed by atoms with Gasteiger partial charge in [-0.15, -0.1) is 0 Å². The normalized spacial score (nSPS) is 9.37. The smallest absolute Gasteiger partial charge is 0.317 e. The van der Waals surface area contributed by atoms with Crippen molar-refractivity contribution < 1.29 is 14.5 Å². The number of anilines is 1. The van der Waals surface area contributed by atoms with Crippen molar-refractivity contribution in [2.45, 2.75) is 20.3 Å². The van der Waals surface area contributed by atoms with Gasteiger partial charge < -0.3 is 10.5 Å². The van der Waals surface area contributed by atoms with E-state index < -0.39 is 10.9 Å². The lowest BCUT2D eigenvalue weighted by atomic mass is 10.1. The fraction of sp³-hybridized carbons (Fsp3) is 0.308. The van der Waals surface area contributed by atoms with Gasteiger partial charge in [0.05, 0.1) is 11.5 Å². The molecule has 0 radical (unpaired) electrons. The predicted octanol–water partition coefficient (Wildman–Crippen LogP) is 1.79. The molecule has 0 saturated carbocycles. The summed E-state index contributed by atoms with van der Waals surface area (Å²) in [6, 6.07) is 2.93. The molecule has 0 saturated heterocycles. The molecule has 0 spiro atoms. The number of rotatable bonds is 3. The Morgan fingerprint density at radius 3 is 2.79 bits per heavy atom. The van der Waals surface area contributed by atoms with Crippen LogP contribution in [0.4, 0.5) is 11.4 Å². The molecule has 0 unspecified atom stereocenters. The number of hydrogen-bond acceptors (Lipinski definition) is 5. The molecule has 0 bridgehead atoms. The number of hydrogen-bond donors (Lipinski definition) is 1. The monoisotopic (exact) mass is 262 g/mol. The summed E-state index contributed by atoms with van der Waals surface area (Å²) in [6.07, 6.45) is -0.0505. The number of nitro groups is 1. The summed E-state index contributed by atoms with van der Waals surface area (Å²) in [5.41, 5.74) is 6.58. The van der Waals surface area contributed by atoms with E-state index in [9.17, 15) is 14.9 Å². The lowest BCUT2D eigenvalue weighted by molar-refractivity contribution is -0.383. The van der Waals surface area contributed by atoms with Crippen LogP contribution in [0.5, 0.6) is 0 Å². The van der Waals surface area contributed by atoms with Crippen molar-refractivity contribution in [3.05, 3.63) is 33.4 Å². The van der Waals surface area contributed by atoms with E-state index in [0.717, 1.165) is 0 Å². The zero-order valence-corrected chi connectivity index (χ0v) is 10.7. The van der Waals surface area contributed by atoms with Crippen LogP contribution in [-0.2, 0) is 9.53 Å². The highest BCUT2D eigenvalue weighted by Crippen LogP contribution is 2.26. The van der Waals surface area contributed by atoms with Crippen molar-refractivity contribution in [3.63, 3.8) is 0 Å². The molecule has 0 heterocycles. The van der Waals surface area contributed by atoms with Gasteiger partial charge in [0, 0.05) is 11.6 Å². The van der Waals surface area contributed by atoms with Gasteiger partial charge in [-0.3, -0.25) is 14.9 Å². The molecule has 0 atom stereocenters. The molecule has 19 heavy (non-hydrogen) atoms. The molecule has 0 fully saturated rings. The average Bonchev–Trinajstić information content (AvgIpc) is 2.33. The van der Waals surface area contributed by atoms with E-state index >= 15 is 0 Å². The topological polar surface area (TPSA) is 95.5 Å². The second-order valence-electron chi connectivity index (χ2n) is 3.77. The quantitative estimate of drug-likeness (QED) is 0.294. The van der Waals surface area contributed by atoms with Crippen molar-refractivity contribution in [2.24, 2.45) is 0 Å². The molecular weight excluding hydrogens is 248 g/mol. The van der Waals surface area contributed by atoms with E-state index in [1.807, 2.05) is 0 Å². The number of nitrogens with zero attached hydrogens (tertiary/aromatic N) is 1. The van der Waals surface area contributed by atoms with Gasteiger partial charge in [-0.25, -0.2) is 0 Å². The Labute approximate surface area is 110 Å². The summed E-state index contributed by atoms with van der Waals surface area (Å²) < 4.78 is 4.71. The Hall–Kier alpha value is -2.55. The van der Waals surface area contributed by atoms with Crippen molar-refractivity contribution in [1.82, 2.24) is 0 Å². The Bertz CT molecular complexity index is 570. The fourth-order valence-electron chi connectivity index (χ4n) is 1.43. The van der Waals surface area contributed by atoms with Crippen molar-refractivity contribution in [2.75, 3.05) is 12.3 Å². The highest BCUT2D eigenvalue weighted by Gasteiger charge is 2.14. The highest BCUT2D eigenvalue weighted by atomic mass is 16.6. The maximum absolute atomic E-state index is 11.1.